The van der Waals surface area contributed by atoms with E-state index in [2.05, 4.69) is 4.72 Å². The lowest BCUT2D eigenvalue weighted by atomic mass is 9.79. The summed E-state index contributed by atoms with van der Waals surface area (Å²) in [6, 6.07) is 5.82. The number of hydrogen-bond donors (Lipinski definition) is 2. The van der Waals surface area contributed by atoms with Gasteiger partial charge in [-0.2, -0.15) is 30.6 Å². The van der Waals surface area contributed by atoms with Gasteiger partial charge in [-0.05, 0) is 60.6 Å². The van der Waals surface area contributed by atoms with Gasteiger partial charge >= 0.3 is 12.1 Å². The van der Waals surface area contributed by atoms with Crippen molar-refractivity contribution >= 4 is 16.2 Å². The number of carbonyl (C=O) groups is 1. The van der Waals surface area contributed by atoms with Gasteiger partial charge in [-0.25, -0.2) is 0 Å². The average Bonchev–Trinajstić information content (AvgIpc) is 2.97. The van der Waals surface area contributed by atoms with Crippen molar-refractivity contribution in [1.82, 2.24) is 9.03 Å². The maximum Gasteiger partial charge on any atom is 0.402 e. The number of halogens is 3. The number of alkyl halides is 3. The molecule has 2 fully saturated rings. The zero-order valence-electron chi connectivity index (χ0n) is 15.7. The zero-order chi connectivity index (χ0) is 21.0. The minimum atomic E-state index is -4.59. The maximum atomic E-state index is 12.9. The molecule has 2 bridgehead atoms. The number of aryl methyl sites for hydroxylation is 1. The van der Waals surface area contributed by atoms with Crippen LogP contribution in [0.1, 0.15) is 36.0 Å². The third-order valence-corrected chi connectivity index (χ3v) is 8.18. The van der Waals surface area contributed by atoms with Crippen LogP contribution in [0.2, 0.25) is 0 Å². The highest BCUT2D eigenvalue weighted by Gasteiger charge is 2.60. The molecule has 1 saturated heterocycles. The molecular weight excluding hydrogens is 409 g/mol. The van der Waals surface area contributed by atoms with Crippen molar-refractivity contribution in [2.24, 2.45) is 11.8 Å². The molecule has 0 aromatic heterocycles. The smallest absolute Gasteiger partial charge is 0.402 e. The van der Waals surface area contributed by atoms with Crippen LogP contribution in [0.3, 0.4) is 0 Å². The average molecular weight is 432 g/mol. The van der Waals surface area contributed by atoms with Crippen LogP contribution in [-0.2, 0) is 34.3 Å². The molecule has 3 aliphatic rings. The lowest BCUT2D eigenvalue weighted by Crippen LogP contribution is -2.52. The van der Waals surface area contributed by atoms with Crippen molar-refractivity contribution in [3.05, 3.63) is 34.9 Å². The monoisotopic (exact) mass is 432 g/mol. The molecular formula is C19H23F3N2O4S. The van der Waals surface area contributed by atoms with Crippen molar-refractivity contribution in [3.63, 3.8) is 0 Å². The summed E-state index contributed by atoms with van der Waals surface area (Å²) in [5.41, 5.74) is 2.14. The largest absolute Gasteiger partial charge is 0.481 e. The number of carboxylic acid groups (broad SMARTS) is 1. The van der Waals surface area contributed by atoms with Gasteiger partial charge < -0.3 is 5.11 Å². The quantitative estimate of drug-likeness (QED) is 0.764. The Morgan fingerprint density at radius 1 is 1.21 bits per heavy atom. The predicted octanol–water partition coefficient (Wildman–Crippen LogP) is 2.28. The molecule has 1 saturated carbocycles. The van der Waals surface area contributed by atoms with Crippen molar-refractivity contribution in [3.8, 4) is 0 Å². The van der Waals surface area contributed by atoms with Gasteiger partial charge in [0, 0.05) is 13.0 Å². The lowest BCUT2D eigenvalue weighted by molar-refractivity contribution is -0.137. The van der Waals surface area contributed by atoms with Gasteiger partial charge in [0.15, 0.2) is 0 Å². The van der Waals surface area contributed by atoms with Crippen LogP contribution in [0, 0.1) is 11.8 Å². The van der Waals surface area contributed by atoms with Crippen LogP contribution < -0.4 is 4.72 Å². The molecule has 3 atom stereocenters. The second-order valence-corrected chi connectivity index (χ2v) is 10.1. The summed E-state index contributed by atoms with van der Waals surface area (Å²) in [6.07, 6.45) is -1.44. The minimum Gasteiger partial charge on any atom is -0.481 e. The molecule has 2 N–H and O–H groups in total. The Hall–Kier alpha value is -1.65. The number of hydrogen-bond acceptors (Lipinski definition) is 3. The number of fused-ring (bicyclic) bond motifs is 1. The molecule has 0 unspecified atom stereocenters. The van der Waals surface area contributed by atoms with Crippen LogP contribution in [0.4, 0.5) is 13.2 Å². The second-order valence-electron chi connectivity index (χ2n) is 8.41. The standard InChI is InChI=1S/C19H23F3N2O4S/c20-19(21,22)11-24-10-18(23-29(24,27)28)15-4-5-16(18)9-14-7-12(2-6-17(25)26)1-3-13(14)8-15/h1,3,7,15-16,23H,2,4-6,8-11H2,(H,25,26)/t15-,16+,18+/m0/s1. The van der Waals surface area contributed by atoms with Crippen LogP contribution >= 0.6 is 0 Å². The molecule has 1 spiro atoms. The first kappa shape index (κ1) is 20.6. The van der Waals surface area contributed by atoms with Crippen molar-refractivity contribution in [2.75, 3.05) is 13.1 Å². The van der Waals surface area contributed by atoms with E-state index in [0.29, 0.717) is 23.6 Å². The fourth-order valence-electron chi connectivity index (χ4n) is 5.30. The zero-order valence-corrected chi connectivity index (χ0v) is 16.5. The number of carboxylic acids is 1. The van der Waals surface area contributed by atoms with Crippen LogP contribution in [0.15, 0.2) is 18.2 Å². The summed E-state index contributed by atoms with van der Waals surface area (Å²) in [5.74, 6) is -1.02. The summed E-state index contributed by atoms with van der Waals surface area (Å²) < 4.78 is 66.9. The highest BCUT2D eigenvalue weighted by atomic mass is 32.2. The summed E-state index contributed by atoms with van der Waals surface area (Å²) in [5, 5.41) is 8.89. The van der Waals surface area contributed by atoms with E-state index >= 15 is 0 Å². The van der Waals surface area contributed by atoms with E-state index in [1.54, 1.807) is 0 Å². The second kappa shape index (κ2) is 6.95. The summed E-state index contributed by atoms with van der Waals surface area (Å²) in [4.78, 5) is 10.8. The molecule has 1 heterocycles. The third-order valence-electron chi connectivity index (χ3n) is 6.60. The SMILES string of the molecule is O=C(O)CCc1ccc2c(c1)C[C@H]1CC[C@@H](C2)[C@]12CN(CC(F)(F)F)S(=O)(=O)N2. The van der Waals surface area contributed by atoms with Crippen molar-refractivity contribution in [2.45, 2.75) is 50.2 Å². The lowest BCUT2D eigenvalue weighted by Gasteiger charge is -2.33. The van der Waals surface area contributed by atoms with Gasteiger partial charge in [0.2, 0.25) is 0 Å². The molecule has 29 heavy (non-hydrogen) atoms. The molecule has 1 aromatic rings. The fraction of sp³-hybridized carbons (Fsp3) is 0.632. The summed E-state index contributed by atoms with van der Waals surface area (Å²) >= 11 is 0. The van der Waals surface area contributed by atoms with E-state index in [1.165, 1.54) is 0 Å². The number of benzene rings is 1. The van der Waals surface area contributed by atoms with E-state index in [9.17, 15) is 26.4 Å². The van der Waals surface area contributed by atoms with Gasteiger partial charge in [0.05, 0.1) is 5.54 Å². The minimum absolute atomic E-state index is 0.0287. The van der Waals surface area contributed by atoms with Gasteiger partial charge in [0.1, 0.15) is 6.54 Å². The maximum absolute atomic E-state index is 12.9. The van der Waals surface area contributed by atoms with E-state index in [1.807, 2.05) is 18.2 Å². The fourth-order valence-corrected chi connectivity index (χ4v) is 7.01. The summed E-state index contributed by atoms with van der Waals surface area (Å²) in [7, 11) is -4.19. The van der Waals surface area contributed by atoms with Gasteiger partial charge in [-0.15, -0.1) is 0 Å². The van der Waals surface area contributed by atoms with Gasteiger partial charge in [-0.1, -0.05) is 18.2 Å². The molecule has 2 aliphatic carbocycles. The Kier molecular flexibility index (Phi) is 4.94. The van der Waals surface area contributed by atoms with Crippen LogP contribution in [0.5, 0.6) is 0 Å². The van der Waals surface area contributed by atoms with Crippen LogP contribution in [0.25, 0.3) is 0 Å². The van der Waals surface area contributed by atoms with Crippen molar-refractivity contribution < 1.29 is 31.5 Å². The highest BCUT2D eigenvalue weighted by molar-refractivity contribution is 7.87. The Labute approximate surface area is 167 Å². The Morgan fingerprint density at radius 2 is 1.86 bits per heavy atom. The van der Waals surface area contributed by atoms with Gasteiger partial charge in [0.25, 0.3) is 10.2 Å². The Balaban J connectivity index is 1.61. The van der Waals surface area contributed by atoms with Gasteiger partial charge in [-0.3, -0.25) is 4.79 Å². The molecule has 0 amide bonds. The normalized spacial score (nSPS) is 31.0. The first-order chi connectivity index (χ1) is 13.5. The molecule has 1 aromatic carbocycles. The van der Waals surface area contributed by atoms with E-state index < -0.39 is 34.4 Å². The van der Waals surface area contributed by atoms with Crippen LogP contribution in [-0.4, -0.2) is 48.6 Å². The molecule has 10 heteroatoms. The number of nitrogens with zero attached hydrogens (tertiary/aromatic N) is 1. The Bertz CT molecular complexity index is 934. The number of rotatable bonds is 4. The molecule has 1 aliphatic heterocycles. The first-order valence-electron chi connectivity index (χ1n) is 9.67. The number of nitrogens with one attached hydrogen (secondary N) is 1. The topological polar surface area (TPSA) is 86.7 Å². The molecule has 6 nitrogen and oxygen atoms in total. The number of aliphatic carboxylic acids is 1. The van der Waals surface area contributed by atoms with Crippen molar-refractivity contribution in [1.29, 1.82) is 0 Å². The molecule has 0 radical (unpaired) electrons. The molecule has 4 rings (SSSR count). The molecule has 160 valence electrons. The highest BCUT2D eigenvalue weighted by Crippen LogP contribution is 2.50. The van der Waals surface area contributed by atoms with E-state index in [0.717, 1.165) is 29.5 Å². The van der Waals surface area contributed by atoms with E-state index in [4.69, 9.17) is 5.11 Å². The van der Waals surface area contributed by atoms with E-state index in [-0.39, 0.29) is 24.8 Å². The summed E-state index contributed by atoms with van der Waals surface area (Å²) in [6.45, 7) is -1.64. The Morgan fingerprint density at radius 3 is 2.48 bits per heavy atom. The third kappa shape index (κ3) is 3.89. The predicted molar refractivity (Wildman–Crippen MR) is 98.4 cm³/mol. The first-order valence-corrected chi connectivity index (χ1v) is 11.1.